The molecule has 1 aromatic carbocycles. The van der Waals surface area contributed by atoms with Crippen LogP contribution >= 0.6 is 0 Å². The highest BCUT2D eigenvalue weighted by atomic mass is 14.2. The summed E-state index contributed by atoms with van der Waals surface area (Å²) < 4.78 is 0. The van der Waals surface area contributed by atoms with Crippen molar-refractivity contribution in [3.05, 3.63) is 35.9 Å². The smallest absolute Gasteiger partial charge is 0.0624 e. The van der Waals surface area contributed by atoms with Gasteiger partial charge in [-0.25, -0.2) is 0 Å². The lowest BCUT2D eigenvalue weighted by molar-refractivity contribution is 0.619. The third-order valence-corrected chi connectivity index (χ3v) is 1.90. The first-order valence-electron chi connectivity index (χ1n) is 4.74. The van der Waals surface area contributed by atoms with Crippen LogP contribution in [0.25, 0.3) is 0 Å². The first-order valence-corrected chi connectivity index (χ1v) is 4.74. The van der Waals surface area contributed by atoms with Crippen molar-refractivity contribution in [2.75, 3.05) is 0 Å². The molecule has 1 unspecified atom stereocenters. The summed E-state index contributed by atoms with van der Waals surface area (Å²) in [7, 11) is 0. The largest absolute Gasteiger partial charge is 0.198 e. The van der Waals surface area contributed by atoms with Crippen LogP contribution in [0.4, 0.5) is 0 Å². The fourth-order valence-corrected chi connectivity index (χ4v) is 1.08. The van der Waals surface area contributed by atoms with Crippen molar-refractivity contribution in [1.82, 2.24) is 0 Å². The van der Waals surface area contributed by atoms with Gasteiger partial charge in [-0.05, 0) is 18.1 Å². The van der Waals surface area contributed by atoms with E-state index in [4.69, 9.17) is 5.26 Å². The van der Waals surface area contributed by atoms with Crippen LogP contribution in [0.15, 0.2) is 30.3 Å². The van der Waals surface area contributed by atoms with E-state index in [0.29, 0.717) is 12.3 Å². The lowest BCUT2D eigenvalue weighted by Crippen LogP contribution is -1.89. The minimum Gasteiger partial charge on any atom is -0.198 e. The lowest BCUT2D eigenvalue weighted by Gasteiger charge is -1.97. The van der Waals surface area contributed by atoms with Crippen molar-refractivity contribution in [3.8, 4) is 17.9 Å². The second-order valence-corrected chi connectivity index (χ2v) is 3.34. The van der Waals surface area contributed by atoms with E-state index in [2.05, 4.69) is 17.9 Å². The summed E-state index contributed by atoms with van der Waals surface area (Å²) in [5.74, 6) is 6.53. The topological polar surface area (TPSA) is 23.8 Å². The Morgan fingerprint density at radius 3 is 2.57 bits per heavy atom. The van der Waals surface area contributed by atoms with Gasteiger partial charge in [-0.3, -0.25) is 0 Å². The Bertz CT molecular complexity index is 362. The lowest BCUT2D eigenvalue weighted by atomic mass is 10.1. The molecule has 0 N–H and O–H groups in total. The minimum absolute atomic E-state index is 0.371. The standard InChI is InChI=1S/C13H13N/c1-12(10-11-14)6-5-9-13-7-3-2-4-8-13/h2-4,7-8,12H,6,10H2,1H3. The molecule has 0 amide bonds. The van der Waals surface area contributed by atoms with Crippen LogP contribution in [0, 0.1) is 29.1 Å². The van der Waals surface area contributed by atoms with E-state index < -0.39 is 0 Å². The van der Waals surface area contributed by atoms with Gasteiger partial charge < -0.3 is 0 Å². The molecular weight excluding hydrogens is 170 g/mol. The van der Waals surface area contributed by atoms with Crippen molar-refractivity contribution < 1.29 is 0 Å². The summed E-state index contributed by atoms with van der Waals surface area (Å²) in [5.41, 5.74) is 1.04. The first kappa shape index (κ1) is 10.4. The van der Waals surface area contributed by atoms with Crippen LogP contribution in [0.3, 0.4) is 0 Å². The van der Waals surface area contributed by atoms with Gasteiger partial charge in [0.05, 0.1) is 6.07 Å². The summed E-state index contributed by atoms with van der Waals surface area (Å²) in [6, 6.07) is 12.0. The fourth-order valence-electron chi connectivity index (χ4n) is 1.08. The third-order valence-electron chi connectivity index (χ3n) is 1.90. The van der Waals surface area contributed by atoms with E-state index in [1.807, 2.05) is 37.3 Å². The molecule has 1 aromatic rings. The van der Waals surface area contributed by atoms with Crippen LogP contribution < -0.4 is 0 Å². The zero-order chi connectivity index (χ0) is 10.2. The molecule has 14 heavy (non-hydrogen) atoms. The zero-order valence-electron chi connectivity index (χ0n) is 8.33. The monoisotopic (exact) mass is 183 g/mol. The summed E-state index contributed by atoms with van der Waals surface area (Å²) >= 11 is 0. The van der Waals surface area contributed by atoms with Crippen LogP contribution in [0.2, 0.25) is 0 Å². The average molecular weight is 183 g/mol. The number of nitriles is 1. The van der Waals surface area contributed by atoms with Gasteiger partial charge in [0.15, 0.2) is 0 Å². The van der Waals surface area contributed by atoms with Gasteiger partial charge in [0.25, 0.3) is 0 Å². The highest BCUT2D eigenvalue weighted by Crippen LogP contribution is 2.04. The molecule has 0 aliphatic rings. The summed E-state index contributed by atoms with van der Waals surface area (Å²) in [4.78, 5) is 0. The maximum atomic E-state index is 8.45. The predicted molar refractivity (Wildman–Crippen MR) is 57.3 cm³/mol. The fraction of sp³-hybridized carbons (Fsp3) is 0.308. The Morgan fingerprint density at radius 1 is 1.21 bits per heavy atom. The Hall–Kier alpha value is -1.73. The van der Waals surface area contributed by atoms with E-state index in [-0.39, 0.29) is 0 Å². The van der Waals surface area contributed by atoms with Crippen molar-refractivity contribution in [3.63, 3.8) is 0 Å². The summed E-state index contributed by atoms with van der Waals surface area (Å²) in [5, 5.41) is 8.45. The molecule has 70 valence electrons. The van der Waals surface area contributed by atoms with E-state index in [9.17, 15) is 0 Å². The van der Waals surface area contributed by atoms with Gasteiger partial charge in [-0.15, -0.1) is 0 Å². The van der Waals surface area contributed by atoms with Crippen molar-refractivity contribution in [2.24, 2.45) is 5.92 Å². The van der Waals surface area contributed by atoms with Crippen LogP contribution in [-0.2, 0) is 0 Å². The normalized spacial score (nSPS) is 10.9. The number of benzene rings is 1. The van der Waals surface area contributed by atoms with Crippen molar-refractivity contribution >= 4 is 0 Å². The van der Waals surface area contributed by atoms with E-state index in [0.717, 1.165) is 12.0 Å². The molecule has 1 rings (SSSR count). The zero-order valence-corrected chi connectivity index (χ0v) is 8.33. The van der Waals surface area contributed by atoms with Gasteiger partial charge in [0.2, 0.25) is 0 Å². The molecule has 0 aliphatic carbocycles. The van der Waals surface area contributed by atoms with Crippen LogP contribution in [-0.4, -0.2) is 0 Å². The van der Waals surface area contributed by atoms with Gasteiger partial charge in [-0.2, -0.15) is 5.26 Å². The van der Waals surface area contributed by atoms with E-state index >= 15 is 0 Å². The maximum absolute atomic E-state index is 8.45. The molecule has 0 radical (unpaired) electrons. The number of rotatable bonds is 2. The van der Waals surface area contributed by atoms with Gasteiger partial charge >= 0.3 is 0 Å². The molecule has 0 heterocycles. The highest BCUT2D eigenvalue weighted by molar-refractivity contribution is 5.33. The maximum Gasteiger partial charge on any atom is 0.0624 e. The number of hydrogen-bond acceptors (Lipinski definition) is 1. The molecule has 0 saturated heterocycles. The molecule has 0 bridgehead atoms. The molecule has 0 saturated carbocycles. The second-order valence-electron chi connectivity index (χ2n) is 3.34. The minimum atomic E-state index is 0.371. The Kier molecular flexibility index (Phi) is 4.32. The summed E-state index contributed by atoms with van der Waals surface area (Å²) in [6.07, 6.45) is 1.38. The van der Waals surface area contributed by atoms with Gasteiger partial charge in [0, 0.05) is 18.4 Å². The van der Waals surface area contributed by atoms with Crippen LogP contribution in [0.5, 0.6) is 0 Å². The molecule has 0 aromatic heterocycles. The predicted octanol–water partition coefficient (Wildman–Crippen LogP) is 2.98. The SMILES string of the molecule is CC(CC#N)CC#Cc1ccccc1. The van der Waals surface area contributed by atoms with Crippen molar-refractivity contribution in [1.29, 1.82) is 5.26 Å². The molecule has 1 heteroatoms. The third kappa shape index (κ3) is 3.78. The molecule has 1 atom stereocenters. The summed E-state index contributed by atoms with van der Waals surface area (Å²) in [6.45, 7) is 2.04. The van der Waals surface area contributed by atoms with E-state index in [1.54, 1.807) is 0 Å². The molecule has 1 nitrogen and oxygen atoms in total. The molecular formula is C13H13N. The van der Waals surface area contributed by atoms with Gasteiger partial charge in [-0.1, -0.05) is 37.0 Å². The average Bonchev–Trinajstić information content (AvgIpc) is 2.20. The highest BCUT2D eigenvalue weighted by Gasteiger charge is 1.96. The number of hydrogen-bond donors (Lipinski definition) is 0. The Morgan fingerprint density at radius 2 is 1.93 bits per heavy atom. The second kappa shape index (κ2) is 5.84. The molecule has 0 fully saturated rings. The molecule has 0 spiro atoms. The van der Waals surface area contributed by atoms with Gasteiger partial charge in [0.1, 0.15) is 0 Å². The van der Waals surface area contributed by atoms with Crippen LogP contribution in [0.1, 0.15) is 25.3 Å². The molecule has 0 aliphatic heterocycles. The first-order chi connectivity index (χ1) is 6.83. The van der Waals surface area contributed by atoms with Crippen molar-refractivity contribution in [2.45, 2.75) is 19.8 Å². The Labute approximate surface area is 85.4 Å². The number of nitrogens with zero attached hydrogens (tertiary/aromatic N) is 1. The Balaban J connectivity index is 2.46. The van der Waals surface area contributed by atoms with E-state index in [1.165, 1.54) is 0 Å². The quantitative estimate of drug-likeness (QED) is 0.647.